The Morgan fingerprint density at radius 1 is 1.29 bits per heavy atom. The molecule has 4 heterocycles. The number of hydrogen-bond acceptors (Lipinski definition) is 5. The van der Waals surface area contributed by atoms with Crippen LogP contribution in [0.25, 0.3) is 0 Å². The molecule has 0 aromatic carbocycles. The van der Waals surface area contributed by atoms with E-state index in [9.17, 15) is 4.79 Å². The molecule has 0 N–H and O–H groups in total. The summed E-state index contributed by atoms with van der Waals surface area (Å²) in [4.78, 5) is 22.7. The van der Waals surface area contributed by atoms with Crippen molar-refractivity contribution in [1.29, 1.82) is 0 Å². The van der Waals surface area contributed by atoms with Gasteiger partial charge in [-0.05, 0) is 43.7 Å². The van der Waals surface area contributed by atoms with Gasteiger partial charge in [-0.3, -0.25) is 14.4 Å². The predicted molar refractivity (Wildman–Crippen MR) is 92.6 cm³/mol. The molecule has 1 amide bonds. The summed E-state index contributed by atoms with van der Waals surface area (Å²) in [5.74, 6) is 0.274. The van der Waals surface area contributed by atoms with Gasteiger partial charge >= 0.3 is 0 Å². The highest BCUT2D eigenvalue weighted by Crippen LogP contribution is 2.34. The second-order valence-corrected chi connectivity index (χ2v) is 7.62. The van der Waals surface area contributed by atoms with E-state index in [0.717, 1.165) is 45.3 Å². The monoisotopic (exact) mass is 345 g/mol. The van der Waals surface area contributed by atoms with Crippen molar-refractivity contribution in [2.24, 2.45) is 0 Å². The molecule has 7 heteroatoms. The Morgan fingerprint density at radius 2 is 2.21 bits per heavy atom. The Balaban J connectivity index is 1.39. The van der Waals surface area contributed by atoms with Gasteiger partial charge in [-0.25, -0.2) is 4.98 Å². The second kappa shape index (κ2) is 7.03. The maximum absolute atomic E-state index is 12.9. The fourth-order valence-electron chi connectivity index (χ4n) is 3.96. The largest absolute Gasteiger partial charge is 0.334 e. The van der Waals surface area contributed by atoms with Gasteiger partial charge in [0.05, 0.1) is 19.1 Å². The van der Waals surface area contributed by atoms with E-state index in [0.29, 0.717) is 12.6 Å². The SMILES string of the molecule is O=C(CN1CCCC1Cn1cncn1)N1CCCC1c1cccs1. The van der Waals surface area contributed by atoms with Gasteiger partial charge in [0, 0.05) is 17.5 Å². The lowest BCUT2D eigenvalue weighted by atomic mass is 10.2. The van der Waals surface area contributed by atoms with Gasteiger partial charge in [0.15, 0.2) is 0 Å². The molecular weight excluding hydrogens is 322 g/mol. The third-order valence-electron chi connectivity index (χ3n) is 5.15. The van der Waals surface area contributed by atoms with Gasteiger partial charge in [0.2, 0.25) is 5.91 Å². The average molecular weight is 345 g/mol. The first-order valence-electron chi connectivity index (χ1n) is 8.70. The van der Waals surface area contributed by atoms with Crippen LogP contribution in [-0.2, 0) is 11.3 Å². The highest BCUT2D eigenvalue weighted by Gasteiger charge is 2.33. The number of rotatable bonds is 5. The van der Waals surface area contributed by atoms with Crippen molar-refractivity contribution in [1.82, 2.24) is 24.6 Å². The summed E-state index contributed by atoms with van der Waals surface area (Å²) in [7, 11) is 0. The zero-order valence-corrected chi connectivity index (χ0v) is 14.6. The number of likely N-dealkylation sites (tertiary alicyclic amines) is 2. The molecule has 2 aromatic heterocycles. The van der Waals surface area contributed by atoms with Crippen LogP contribution in [0, 0.1) is 0 Å². The molecule has 0 aliphatic carbocycles. The molecule has 6 nitrogen and oxygen atoms in total. The van der Waals surface area contributed by atoms with Crippen LogP contribution in [0.4, 0.5) is 0 Å². The van der Waals surface area contributed by atoms with Crippen molar-refractivity contribution in [3.63, 3.8) is 0 Å². The van der Waals surface area contributed by atoms with E-state index < -0.39 is 0 Å². The Morgan fingerprint density at radius 3 is 3.00 bits per heavy atom. The molecule has 2 aromatic rings. The Labute approximate surface area is 146 Å². The topological polar surface area (TPSA) is 54.3 Å². The number of carbonyl (C=O) groups is 1. The number of hydrogen-bond donors (Lipinski definition) is 0. The third-order valence-corrected chi connectivity index (χ3v) is 6.12. The minimum Gasteiger partial charge on any atom is -0.334 e. The maximum atomic E-state index is 12.9. The van der Waals surface area contributed by atoms with Crippen molar-refractivity contribution >= 4 is 17.2 Å². The van der Waals surface area contributed by atoms with E-state index in [1.54, 1.807) is 24.0 Å². The number of amides is 1. The summed E-state index contributed by atoms with van der Waals surface area (Å²) in [5, 5.41) is 6.30. The lowest BCUT2D eigenvalue weighted by molar-refractivity contribution is -0.133. The van der Waals surface area contributed by atoms with Crippen molar-refractivity contribution in [2.75, 3.05) is 19.6 Å². The van der Waals surface area contributed by atoms with Crippen molar-refractivity contribution in [2.45, 2.75) is 44.3 Å². The van der Waals surface area contributed by atoms with Crippen LogP contribution in [-0.4, -0.2) is 56.1 Å². The van der Waals surface area contributed by atoms with Crippen LogP contribution < -0.4 is 0 Å². The third kappa shape index (κ3) is 3.23. The first-order valence-corrected chi connectivity index (χ1v) is 9.58. The number of carbonyl (C=O) groups excluding carboxylic acids is 1. The van der Waals surface area contributed by atoms with Gasteiger partial charge in [0.1, 0.15) is 12.7 Å². The first kappa shape index (κ1) is 15.8. The normalized spacial score (nSPS) is 24.8. The molecule has 2 fully saturated rings. The standard InChI is InChI=1S/C17H23N5OS/c23-17(22-8-2-5-15(22)16-6-3-9-24-16)11-20-7-1-4-14(20)10-21-13-18-12-19-21/h3,6,9,12-15H,1-2,4-5,7-8,10-11H2. The summed E-state index contributed by atoms with van der Waals surface area (Å²) >= 11 is 1.76. The fourth-order valence-corrected chi connectivity index (χ4v) is 4.83. The predicted octanol–water partition coefficient (Wildman–Crippen LogP) is 2.17. The molecular formula is C17H23N5OS. The van der Waals surface area contributed by atoms with Crippen LogP contribution in [0.3, 0.4) is 0 Å². The van der Waals surface area contributed by atoms with Crippen molar-refractivity contribution in [3.05, 3.63) is 35.0 Å². The minimum atomic E-state index is 0.274. The van der Waals surface area contributed by atoms with Gasteiger partial charge in [0.25, 0.3) is 0 Å². The number of nitrogens with zero attached hydrogens (tertiary/aromatic N) is 5. The molecule has 2 saturated heterocycles. The summed E-state index contributed by atoms with van der Waals surface area (Å²) in [6.07, 6.45) is 7.81. The zero-order valence-electron chi connectivity index (χ0n) is 13.8. The molecule has 0 bridgehead atoms. The first-order chi connectivity index (χ1) is 11.8. The molecule has 24 heavy (non-hydrogen) atoms. The van der Waals surface area contributed by atoms with Gasteiger partial charge < -0.3 is 4.90 Å². The number of thiophene rings is 1. The van der Waals surface area contributed by atoms with Crippen LogP contribution in [0.1, 0.15) is 36.6 Å². The number of aromatic nitrogens is 3. The van der Waals surface area contributed by atoms with E-state index in [1.807, 2.05) is 4.68 Å². The summed E-state index contributed by atoms with van der Waals surface area (Å²) < 4.78 is 1.87. The van der Waals surface area contributed by atoms with Crippen LogP contribution >= 0.6 is 11.3 Å². The lowest BCUT2D eigenvalue weighted by Crippen LogP contribution is -2.43. The molecule has 0 radical (unpaired) electrons. The van der Waals surface area contributed by atoms with E-state index >= 15 is 0 Å². The van der Waals surface area contributed by atoms with E-state index in [1.165, 1.54) is 4.88 Å². The quantitative estimate of drug-likeness (QED) is 0.833. The van der Waals surface area contributed by atoms with Gasteiger partial charge in [-0.15, -0.1) is 11.3 Å². The van der Waals surface area contributed by atoms with Crippen LogP contribution in [0.5, 0.6) is 0 Å². The molecule has 0 spiro atoms. The highest BCUT2D eigenvalue weighted by atomic mass is 32.1. The molecule has 2 unspecified atom stereocenters. The van der Waals surface area contributed by atoms with Crippen LogP contribution in [0.2, 0.25) is 0 Å². The maximum Gasteiger partial charge on any atom is 0.237 e. The van der Waals surface area contributed by atoms with Crippen molar-refractivity contribution < 1.29 is 4.79 Å². The van der Waals surface area contributed by atoms with E-state index in [2.05, 4.69) is 37.4 Å². The molecule has 0 saturated carbocycles. The smallest absolute Gasteiger partial charge is 0.237 e. The Bertz CT molecular complexity index is 657. The zero-order chi connectivity index (χ0) is 16.4. The average Bonchev–Trinajstić information content (AvgIpc) is 3.37. The molecule has 2 aliphatic rings. The van der Waals surface area contributed by atoms with Gasteiger partial charge in [-0.2, -0.15) is 5.10 Å². The van der Waals surface area contributed by atoms with Crippen molar-refractivity contribution in [3.8, 4) is 0 Å². The summed E-state index contributed by atoms with van der Waals surface area (Å²) in [6.45, 7) is 3.24. The molecule has 128 valence electrons. The lowest BCUT2D eigenvalue weighted by Gasteiger charge is -2.29. The molecule has 2 atom stereocenters. The fraction of sp³-hybridized carbons (Fsp3) is 0.588. The molecule has 4 rings (SSSR count). The van der Waals surface area contributed by atoms with E-state index in [4.69, 9.17) is 0 Å². The highest BCUT2D eigenvalue weighted by molar-refractivity contribution is 7.10. The molecule has 2 aliphatic heterocycles. The van der Waals surface area contributed by atoms with E-state index in [-0.39, 0.29) is 11.9 Å². The second-order valence-electron chi connectivity index (χ2n) is 6.64. The van der Waals surface area contributed by atoms with Gasteiger partial charge in [-0.1, -0.05) is 6.07 Å². The Hall–Kier alpha value is -1.73. The van der Waals surface area contributed by atoms with Crippen LogP contribution in [0.15, 0.2) is 30.2 Å². The minimum absolute atomic E-state index is 0.274. The summed E-state index contributed by atoms with van der Waals surface area (Å²) in [5.41, 5.74) is 0. The Kier molecular flexibility index (Phi) is 4.62. The summed E-state index contributed by atoms with van der Waals surface area (Å²) in [6, 6.07) is 4.91.